The highest BCUT2D eigenvalue weighted by Gasteiger charge is 2.20. The van der Waals surface area contributed by atoms with E-state index in [1.165, 1.54) is 0 Å². The van der Waals surface area contributed by atoms with Crippen molar-refractivity contribution in [2.45, 2.75) is 13.8 Å². The van der Waals surface area contributed by atoms with Crippen molar-refractivity contribution in [1.82, 2.24) is 0 Å². The Balaban J connectivity index is 2.28. The molecule has 0 N–H and O–H groups in total. The minimum Gasteiger partial charge on any atom is -0.237 e. The molecule has 0 bridgehead atoms. The van der Waals surface area contributed by atoms with Gasteiger partial charge >= 0.3 is 0 Å². The fourth-order valence-electron chi connectivity index (χ4n) is 4.62. The first-order valence-corrected chi connectivity index (χ1v) is 8.95. The van der Waals surface area contributed by atoms with Crippen molar-refractivity contribution < 1.29 is 0 Å². The van der Waals surface area contributed by atoms with Gasteiger partial charge in [0.25, 0.3) is 0 Å². The first-order chi connectivity index (χ1) is 13.6. The summed E-state index contributed by atoms with van der Waals surface area (Å²) >= 11 is 0. The molecule has 3 heteroatoms. The van der Waals surface area contributed by atoms with Gasteiger partial charge < -0.3 is 0 Å². The Morgan fingerprint density at radius 3 is 1.86 bits per heavy atom. The maximum absolute atomic E-state index is 9.67. The van der Waals surface area contributed by atoms with Crippen molar-refractivity contribution in [3.05, 3.63) is 76.1 Å². The van der Waals surface area contributed by atoms with Crippen LogP contribution < -0.4 is 0 Å². The number of nitriles is 2. The molecule has 28 heavy (non-hydrogen) atoms. The number of hydrogen-bond donors (Lipinski definition) is 0. The highest BCUT2D eigenvalue weighted by molar-refractivity contribution is 6.36. The van der Waals surface area contributed by atoms with E-state index in [0.29, 0.717) is 16.8 Å². The van der Waals surface area contributed by atoms with Gasteiger partial charge in [0, 0.05) is 10.8 Å². The van der Waals surface area contributed by atoms with Crippen LogP contribution in [0.15, 0.2) is 42.5 Å². The van der Waals surface area contributed by atoms with Crippen LogP contribution in [-0.2, 0) is 0 Å². The second-order valence-electron chi connectivity index (χ2n) is 7.17. The van der Waals surface area contributed by atoms with E-state index in [0.717, 1.165) is 54.2 Å². The van der Waals surface area contributed by atoms with Gasteiger partial charge in [0.2, 0.25) is 0 Å². The molecule has 5 aromatic carbocycles. The van der Waals surface area contributed by atoms with Crippen molar-refractivity contribution >= 4 is 48.8 Å². The van der Waals surface area contributed by atoms with Gasteiger partial charge in [-0.1, -0.05) is 35.9 Å². The largest absolute Gasteiger partial charge is 0.237 e. The zero-order valence-electron chi connectivity index (χ0n) is 15.4. The van der Waals surface area contributed by atoms with E-state index in [9.17, 15) is 10.5 Å². The Kier molecular flexibility index (Phi) is 3.12. The second-order valence-corrected chi connectivity index (χ2v) is 7.17. The Hall–Kier alpha value is -4.13. The molecule has 0 unspecified atom stereocenters. The van der Waals surface area contributed by atoms with Crippen LogP contribution >= 0.6 is 0 Å². The smallest absolute Gasteiger partial charge is 0.195 e. The number of nitrogens with zero attached hydrogens (tertiary/aromatic N) is 3. The number of fused-ring (bicyclic) bond motifs is 2. The van der Waals surface area contributed by atoms with E-state index in [1.54, 1.807) is 0 Å². The molecule has 3 nitrogen and oxygen atoms in total. The van der Waals surface area contributed by atoms with Gasteiger partial charge in [0.15, 0.2) is 5.69 Å². The van der Waals surface area contributed by atoms with Crippen molar-refractivity contribution in [1.29, 1.82) is 10.5 Å². The summed E-state index contributed by atoms with van der Waals surface area (Å²) in [5.41, 5.74) is 3.82. The minimum absolute atomic E-state index is 0.583. The van der Waals surface area contributed by atoms with E-state index in [-0.39, 0.29) is 0 Å². The molecule has 0 aliphatic heterocycles. The molecular formula is C25H13N3. The summed E-state index contributed by atoms with van der Waals surface area (Å²) in [5.74, 6) is 0. The molecule has 0 spiro atoms. The predicted octanol–water partition coefficient (Wildman–Crippen LogP) is 6.65. The third-order valence-corrected chi connectivity index (χ3v) is 5.75. The molecule has 0 heterocycles. The molecule has 0 amide bonds. The fourth-order valence-corrected chi connectivity index (χ4v) is 4.62. The van der Waals surface area contributed by atoms with Crippen LogP contribution in [0.4, 0.5) is 5.69 Å². The first-order valence-electron chi connectivity index (χ1n) is 8.95. The number of rotatable bonds is 0. The predicted molar refractivity (Wildman–Crippen MR) is 113 cm³/mol. The monoisotopic (exact) mass is 355 g/mol. The van der Waals surface area contributed by atoms with Crippen LogP contribution in [-0.4, -0.2) is 0 Å². The number of hydrogen-bond acceptors (Lipinski definition) is 2. The van der Waals surface area contributed by atoms with Gasteiger partial charge in [-0.05, 0) is 63.9 Å². The topological polar surface area (TPSA) is 51.9 Å². The Bertz CT molecular complexity index is 1600. The average molecular weight is 355 g/mol. The molecule has 5 aromatic rings. The van der Waals surface area contributed by atoms with Crippen LogP contribution in [0.5, 0.6) is 0 Å². The lowest BCUT2D eigenvalue weighted by molar-refractivity contribution is 1.48. The van der Waals surface area contributed by atoms with Gasteiger partial charge in [0.1, 0.15) is 0 Å². The van der Waals surface area contributed by atoms with Crippen LogP contribution in [0.1, 0.15) is 22.3 Å². The van der Waals surface area contributed by atoms with Crippen LogP contribution in [0, 0.1) is 43.1 Å². The van der Waals surface area contributed by atoms with Gasteiger partial charge in [-0.3, -0.25) is 0 Å². The summed E-state index contributed by atoms with van der Waals surface area (Å²) in [6.45, 7) is 11.7. The molecule has 5 rings (SSSR count). The SMILES string of the molecule is [C-]#[N+]c1cc(C)c2c(C#N)ccc3c4ccc(C#N)c5c(C)ccc(c1c23)c54. The van der Waals surface area contributed by atoms with Crippen LogP contribution in [0.3, 0.4) is 0 Å². The molecule has 0 atom stereocenters. The molecular weight excluding hydrogens is 342 g/mol. The lowest BCUT2D eigenvalue weighted by Gasteiger charge is -2.19. The summed E-state index contributed by atoms with van der Waals surface area (Å²) < 4.78 is 0. The van der Waals surface area contributed by atoms with Crippen molar-refractivity contribution in [3.8, 4) is 12.1 Å². The van der Waals surface area contributed by atoms with Crippen LogP contribution in [0.25, 0.3) is 47.9 Å². The summed E-state index contributed by atoms with van der Waals surface area (Å²) in [7, 11) is 0. The van der Waals surface area contributed by atoms with Gasteiger partial charge in [0.05, 0.1) is 29.8 Å². The normalized spacial score (nSPS) is 11.1. The van der Waals surface area contributed by atoms with Gasteiger partial charge in [-0.2, -0.15) is 10.5 Å². The fraction of sp³-hybridized carbons (Fsp3) is 0.0800. The lowest BCUT2D eigenvalue weighted by Crippen LogP contribution is -1.94. The van der Waals surface area contributed by atoms with E-state index < -0.39 is 0 Å². The summed E-state index contributed by atoms with van der Waals surface area (Å²) in [6, 6.07) is 18.3. The van der Waals surface area contributed by atoms with E-state index in [4.69, 9.17) is 6.57 Å². The second kappa shape index (κ2) is 5.43. The molecule has 128 valence electrons. The van der Waals surface area contributed by atoms with E-state index in [1.807, 2.05) is 56.3 Å². The van der Waals surface area contributed by atoms with Gasteiger partial charge in [-0.15, -0.1) is 0 Å². The van der Waals surface area contributed by atoms with E-state index in [2.05, 4.69) is 17.0 Å². The lowest BCUT2D eigenvalue weighted by atomic mass is 9.84. The zero-order chi connectivity index (χ0) is 19.6. The minimum atomic E-state index is 0.583. The third-order valence-electron chi connectivity index (χ3n) is 5.75. The highest BCUT2D eigenvalue weighted by atomic mass is 14.6. The molecule has 0 saturated carbocycles. The summed E-state index contributed by atoms with van der Waals surface area (Å²) in [4.78, 5) is 3.81. The Morgan fingerprint density at radius 1 is 0.679 bits per heavy atom. The van der Waals surface area contributed by atoms with Gasteiger partial charge in [-0.25, -0.2) is 4.85 Å². The standard InChI is InChI=1S/C25H13N3/c1-13-4-7-19-23-17(8-5-15(11-26)21(13)23)18-9-6-16(12-27)22-14(2)10-20(28-3)24(19)25(18)22/h4-10H,1-2H3. The molecule has 0 fully saturated rings. The summed E-state index contributed by atoms with van der Waals surface area (Å²) in [5, 5.41) is 27.1. The quantitative estimate of drug-likeness (QED) is 0.177. The molecule has 0 aliphatic carbocycles. The number of aryl methyl sites for hydroxylation is 2. The maximum atomic E-state index is 9.67. The van der Waals surface area contributed by atoms with E-state index >= 15 is 0 Å². The molecule has 0 aromatic heterocycles. The van der Waals surface area contributed by atoms with Crippen LogP contribution in [0.2, 0.25) is 0 Å². The molecule has 0 aliphatic rings. The Labute approximate surface area is 161 Å². The third kappa shape index (κ3) is 1.79. The summed E-state index contributed by atoms with van der Waals surface area (Å²) in [6.07, 6.45) is 0. The van der Waals surface area contributed by atoms with Crippen molar-refractivity contribution in [2.24, 2.45) is 0 Å². The highest BCUT2D eigenvalue weighted by Crippen LogP contribution is 2.46. The van der Waals surface area contributed by atoms with Crippen molar-refractivity contribution in [2.75, 3.05) is 0 Å². The van der Waals surface area contributed by atoms with Crippen molar-refractivity contribution in [3.63, 3.8) is 0 Å². The number of benzene rings is 5. The first kappa shape index (κ1) is 16.1. The zero-order valence-corrected chi connectivity index (χ0v) is 15.4. The maximum Gasteiger partial charge on any atom is 0.195 e. The Morgan fingerprint density at radius 2 is 1.25 bits per heavy atom. The molecule has 0 radical (unpaired) electrons. The average Bonchev–Trinajstić information content (AvgIpc) is 2.73. The molecule has 0 saturated heterocycles.